The smallest absolute Gasteiger partial charge is 0.198 e. The third-order valence-electron chi connectivity index (χ3n) is 14.2. The van der Waals surface area contributed by atoms with Gasteiger partial charge in [-0.05, 0) is 136 Å². The van der Waals surface area contributed by atoms with Crippen LogP contribution in [-0.4, -0.2) is 7.28 Å². The number of rotatable bonds is 10. The summed E-state index contributed by atoms with van der Waals surface area (Å²) in [4.78, 5) is 4.85. The zero-order valence-electron chi connectivity index (χ0n) is 39.8. The van der Waals surface area contributed by atoms with Gasteiger partial charge in [0, 0.05) is 56.1 Å². The van der Waals surface area contributed by atoms with E-state index in [1.165, 1.54) is 33.2 Å². The van der Waals surface area contributed by atoms with E-state index in [4.69, 9.17) is 4.42 Å². The van der Waals surface area contributed by atoms with Crippen molar-refractivity contribution in [1.82, 2.24) is 0 Å². The van der Waals surface area contributed by atoms with E-state index < -0.39 is 0 Å². The minimum atomic E-state index is 0.688. The summed E-state index contributed by atoms with van der Waals surface area (Å²) in [6.45, 7) is 2.24. The summed E-state index contributed by atoms with van der Waals surface area (Å²) in [7, 11) is 0.688. The number of furan rings is 1. The van der Waals surface area contributed by atoms with Crippen molar-refractivity contribution in [2.24, 2.45) is 0 Å². The number of nitrogens with zero attached hydrogens (tertiary/aromatic N) is 2. The van der Waals surface area contributed by atoms with Crippen LogP contribution in [0.4, 0.5) is 45.5 Å². The Morgan fingerprint density at radius 3 is 1.60 bits per heavy atom. The maximum Gasteiger partial charge on any atom is 0.198 e. The first-order chi connectivity index (χ1) is 35.6. The molecule has 1 N–H and O–H groups in total. The van der Waals surface area contributed by atoms with Gasteiger partial charge in [0.05, 0.1) is 5.69 Å². The number of anilines is 8. The Bertz CT molecular complexity index is 3880. The summed E-state index contributed by atoms with van der Waals surface area (Å²) < 4.78 is 7.14. The molecule has 1 aromatic heterocycles. The van der Waals surface area contributed by atoms with Gasteiger partial charge >= 0.3 is 0 Å². The highest BCUT2D eigenvalue weighted by atomic mass is 16.3. The van der Waals surface area contributed by atoms with Gasteiger partial charge in [0.1, 0.15) is 5.58 Å². The molecule has 5 heteroatoms. The van der Waals surface area contributed by atoms with Gasteiger partial charge in [-0.2, -0.15) is 0 Å². The number of para-hydroxylation sites is 3. The Morgan fingerprint density at radius 1 is 0.417 bits per heavy atom. The van der Waals surface area contributed by atoms with Gasteiger partial charge in [-0.15, -0.1) is 0 Å². The van der Waals surface area contributed by atoms with Gasteiger partial charge in [-0.1, -0.05) is 187 Å². The van der Waals surface area contributed by atoms with E-state index in [-0.39, 0.29) is 0 Å². The number of hydrogen-bond acceptors (Lipinski definition) is 4. The van der Waals surface area contributed by atoms with Crippen LogP contribution in [0.25, 0.3) is 66.4 Å². The number of fused-ring (bicyclic) bond motifs is 6. The maximum absolute atomic E-state index is 7.14. The van der Waals surface area contributed by atoms with Gasteiger partial charge in [0.25, 0.3) is 0 Å². The zero-order valence-corrected chi connectivity index (χ0v) is 39.8. The van der Waals surface area contributed by atoms with Crippen LogP contribution in [0.3, 0.4) is 0 Å². The lowest BCUT2D eigenvalue weighted by molar-refractivity contribution is 0.669. The van der Waals surface area contributed by atoms with Crippen molar-refractivity contribution in [3.05, 3.63) is 266 Å². The van der Waals surface area contributed by atoms with E-state index in [2.05, 4.69) is 283 Å². The monoisotopic (exact) mass is 921 g/mol. The van der Waals surface area contributed by atoms with Gasteiger partial charge in [0.2, 0.25) is 0 Å². The maximum atomic E-state index is 7.14. The number of nitrogens with one attached hydrogen (secondary N) is 1. The molecule has 11 aromatic carbocycles. The summed E-state index contributed by atoms with van der Waals surface area (Å²) in [5, 5.41) is 6.10. The molecular weight excluding hydrogens is 874 g/mol. The van der Waals surface area contributed by atoms with E-state index in [1.807, 2.05) is 0 Å². The Balaban J connectivity index is 1.06. The van der Waals surface area contributed by atoms with Crippen molar-refractivity contribution >= 4 is 85.6 Å². The molecule has 72 heavy (non-hydrogen) atoms. The zero-order chi connectivity index (χ0) is 48.0. The molecule has 0 atom stereocenters. The topological polar surface area (TPSA) is 31.6 Å². The van der Waals surface area contributed by atoms with Crippen molar-refractivity contribution < 1.29 is 4.42 Å². The second-order valence-electron chi connectivity index (χ2n) is 18.6. The molecule has 0 fully saturated rings. The third-order valence-corrected chi connectivity index (χ3v) is 14.2. The van der Waals surface area contributed by atoms with Crippen LogP contribution in [-0.2, 0) is 0 Å². The molecule has 0 amide bonds. The quantitative estimate of drug-likeness (QED) is 0.139. The van der Waals surface area contributed by atoms with Crippen molar-refractivity contribution in [3.8, 4) is 44.5 Å². The average molecular weight is 922 g/mol. The van der Waals surface area contributed by atoms with Crippen LogP contribution < -0.4 is 26.0 Å². The third kappa shape index (κ3) is 7.78. The molecule has 0 bridgehead atoms. The van der Waals surface area contributed by atoms with Crippen LogP contribution in [0.1, 0.15) is 5.56 Å². The van der Waals surface area contributed by atoms with Crippen molar-refractivity contribution in [1.29, 1.82) is 0 Å². The molecular formula is C67H48BN3O. The summed E-state index contributed by atoms with van der Waals surface area (Å²) in [6, 6.07) is 93.7. The summed E-state index contributed by atoms with van der Waals surface area (Å²) in [5.74, 6) is 0. The lowest BCUT2D eigenvalue weighted by Crippen LogP contribution is -2.41. The molecule has 0 saturated heterocycles. The molecule has 4 nitrogen and oxygen atoms in total. The molecule has 0 spiro atoms. The molecule has 0 unspecified atom stereocenters. The highest BCUT2D eigenvalue weighted by Gasteiger charge is 2.34. The van der Waals surface area contributed by atoms with Gasteiger partial charge in [-0.25, -0.2) is 0 Å². The average Bonchev–Trinajstić information content (AvgIpc) is 3.82. The standard InChI is InChI=1S/C67H48BN3O/c1-45-41-50(47-21-9-3-10-22-47)34-40-62(45)71-63-43-55(70(53-25-13-5-14-26-53)54-27-15-6-16-28-54)37-39-60(63)68-65-58(44-59-57-29-17-18-30-64(57)72-67(59)66(65)71)56-38-33-51(48-23-11-4-12-24-48)42-61(56)69-52-35-31-49(32-36-52)46-19-7-2-8-20-46/h2-44,68-69H,1H3. The molecule has 13 rings (SSSR count). The van der Waals surface area contributed by atoms with Crippen molar-refractivity contribution in [3.63, 3.8) is 0 Å². The number of hydrogen-bond donors (Lipinski definition) is 1. The molecule has 0 aliphatic carbocycles. The van der Waals surface area contributed by atoms with Gasteiger partial charge < -0.3 is 19.5 Å². The molecule has 0 saturated carbocycles. The molecule has 2 heterocycles. The second kappa shape index (κ2) is 18.2. The first-order valence-electron chi connectivity index (χ1n) is 24.7. The molecule has 1 aliphatic rings. The van der Waals surface area contributed by atoms with Gasteiger partial charge in [0.15, 0.2) is 12.9 Å². The second-order valence-corrected chi connectivity index (χ2v) is 18.6. The van der Waals surface area contributed by atoms with E-state index in [0.717, 1.165) is 95.3 Å². The fourth-order valence-electron chi connectivity index (χ4n) is 10.7. The SMILES string of the molecule is Cc1cc(-c2ccccc2)ccc1N1c2cc(N(c3ccccc3)c3ccccc3)ccc2Bc2c(-c3ccc(-c4ccccc4)cc3Nc3ccc(-c4ccccc4)cc3)cc3c(oc4ccccc43)c21. The van der Waals surface area contributed by atoms with Gasteiger partial charge in [-0.3, -0.25) is 0 Å². The van der Waals surface area contributed by atoms with Crippen LogP contribution in [0.15, 0.2) is 265 Å². The van der Waals surface area contributed by atoms with Crippen LogP contribution >= 0.6 is 0 Å². The highest BCUT2D eigenvalue weighted by molar-refractivity contribution is 6.74. The van der Waals surface area contributed by atoms with E-state index in [0.29, 0.717) is 7.28 Å². The molecule has 12 aromatic rings. The molecule has 1 aliphatic heterocycles. The van der Waals surface area contributed by atoms with Crippen LogP contribution in [0, 0.1) is 6.92 Å². The lowest BCUT2D eigenvalue weighted by Gasteiger charge is -2.37. The minimum absolute atomic E-state index is 0.688. The normalized spacial score (nSPS) is 11.8. The Kier molecular flexibility index (Phi) is 10.8. The molecule has 0 radical (unpaired) electrons. The predicted octanol–water partition coefficient (Wildman–Crippen LogP) is 16.9. The summed E-state index contributed by atoms with van der Waals surface area (Å²) in [5.41, 5.74) is 23.1. The van der Waals surface area contributed by atoms with E-state index in [9.17, 15) is 0 Å². The Morgan fingerprint density at radius 2 is 0.958 bits per heavy atom. The fourth-order valence-corrected chi connectivity index (χ4v) is 10.7. The van der Waals surface area contributed by atoms with Crippen LogP contribution in [0.2, 0.25) is 0 Å². The van der Waals surface area contributed by atoms with E-state index in [1.54, 1.807) is 0 Å². The lowest BCUT2D eigenvalue weighted by atomic mass is 9.58. The Labute approximate surface area is 421 Å². The summed E-state index contributed by atoms with van der Waals surface area (Å²) >= 11 is 0. The summed E-state index contributed by atoms with van der Waals surface area (Å²) in [6.07, 6.45) is 0. The van der Waals surface area contributed by atoms with Crippen molar-refractivity contribution in [2.45, 2.75) is 6.92 Å². The predicted molar refractivity (Wildman–Crippen MR) is 306 cm³/mol. The fraction of sp³-hybridized carbons (Fsp3) is 0.0149. The number of benzene rings is 11. The highest BCUT2D eigenvalue weighted by Crippen LogP contribution is 2.48. The van der Waals surface area contributed by atoms with E-state index >= 15 is 0 Å². The first kappa shape index (κ1) is 42.8. The number of aryl methyl sites for hydroxylation is 1. The van der Waals surface area contributed by atoms with Crippen LogP contribution in [0.5, 0.6) is 0 Å². The minimum Gasteiger partial charge on any atom is -0.454 e. The van der Waals surface area contributed by atoms with Crippen molar-refractivity contribution in [2.75, 3.05) is 15.1 Å². The largest absolute Gasteiger partial charge is 0.454 e. The Hall–Kier alpha value is -9.32. The molecule has 340 valence electrons. The first-order valence-corrected chi connectivity index (χ1v) is 24.7.